The molecule has 0 aliphatic rings. The van der Waals surface area contributed by atoms with E-state index in [-0.39, 0.29) is 0 Å². The molecule has 0 atom stereocenters. The zero-order chi connectivity index (χ0) is 13.4. The zero-order valence-corrected chi connectivity index (χ0v) is 12.3. The van der Waals surface area contributed by atoms with Crippen molar-refractivity contribution in [3.8, 4) is 6.07 Å². The molecule has 4 nitrogen and oxygen atoms in total. The highest BCUT2D eigenvalue weighted by atomic mass is 32.1. The molecule has 1 rings (SSSR count). The van der Waals surface area contributed by atoms with E-state index in [2.05, 4.69) is 47.4 Å². The van der Waals surface area contributed by atoms with Crippen LogP contribution < -0.4 is 10.2 Å². The Morgan fingerprint density at radius 2 is 2.33 bits per heavy atom. The quantitative estimate of drug-likeness (QED) is 0.735. The van der Waals surface area contributed by atoms with Gasteiger partial charge in [-0.15, -0.1) is 11.3 Å². The maximum atomic E-state index is 8.69. The third kappa shape index (κ3) is 4.63. The van der Waals surface area contributed by atoms with Crippen LogP contribution in [0.25, 0.3) is 0 Å². The Bertz CT molecular complexity index is 381. The first-order valence-corrected chi connectivity index (χ1v) is 7.35. The SMILES string of the molecule is CCCNCc1csc(N(CCC#N)C(C)C)n1. The molecular formula is C13H22N4S. The summed E-state index contributed by atoms with van der Waals surface area (Å²) in [4.78, 5) is 6.82. The van der Waals surface area contributed by atoms with E-state index in [1.807, 2.05) is 0 Å². The number of hydrogen-bond acceptors (Lipinski definition) is 5. The molecule has 18 heavy (non-hydrogen) atoms. The molecule has 1 aromatic rings. The molecule has 0 aliphatic heterocycles. The Balaban J connectivity index is 2.60. The van der Waals surface area contributed by atoms with Crippen molar-refractivity contribution in [2.24, 2.45) is 0 Å². The molecule has 0 radical (unpaired) electrons. The molecule has 0 bridgehead atoms. The molecule has 5 heteroatoms. The molecule has 0 spiro atoms. The van der Waals surface area contributed by atoms with E-state index in [1.165, 1.54) is 0 Å². The van der Waals surface area contributed by atoms with Gasteiger partial charge in [0, 0.05) is 24.5 Å². The second-order valence-electron chi connectivity index (χ2n) is 4.49. The van der Waals surface area contributed by atoms with Crippen LogP contribution in [0.3, 0.4) is 0 Å². The molecule has 0 saturated heterocycles. The number of hydrogen-bond donors (Lipinski definition) is 1. The van der Waals surface area contributed by atoms with E-state index >= 15 is 0 Å². The predicted octanol–water partition coefficient (Wildman–Crippen LogP) is 2.77. The normalized spacial score (nSPS) is 10.6. The summed E-state index contributed by atoms with van der Waals surface area (Å²) in [6, 6.07) is 2.57. The van der Waals surface area contributed by atoms with Gasteiger partial charge in [0.05, 0.1) is 18.2 Å². The van der Waals surface area contributed by atoms with Gasteiger partial charge >= 0.3 is 0 Å². The summed E-state index contributed by atoms with van der Waals surface area (Å²) in [7, 11) is 0. The third-order valence-corrected chi connectivity index (χ3v) is 3.53. The van der Waals surface area contributed by atoms with E-state index < -0.39 is 0 Å². The molecular weight excluding hydrogens is 244 g/mol. The first-order valence-electron chi connectivity index (χ1n) is 6.47. The van der Waals surface area contributed by atoms with Gasteiger partial charge in [0.25, 0.3) is 0 Å². The summed E-state index contributed by atoms with van der Waals surface area (Å²) in [5.41, 5.74) is 1.09. The van der Waals surface area contributed by atoms with E-state index in [0.29, 0.717) is 12.5 Å². The second-order valence-corrected chi connectivity index (χ2v) is 5.33. The summed E-state index contributed by atoms with van der Waals surface area (Å²) >= 11 is 1.66. The van der Waals surface area contributed by atoms with E-state index in [9.17, 15) is 0 Å². The maximum absolute atomic E-state index is 8.69. The van der Waals surface area contributed by atoms with Crippen LogP contribution in [-0.2, 0) is 6.54 Å². The van der Waals surface area contributed by atoms with Crippen molar-refractivity contribution in [3.63, 3.8) is 0 Å². The number of nitriles is 1. The number of nitrogens with zero attached hydrogens (tertiary/aromatic N) is 3. The van der Waals surface area contributed by atoms with E-state index in [0.717, 1.165) is 36.9 Å². The highest BCUT2D eigenvalue weighted by molar-refractivity contribution is 7.13. The average molecular weight is 266 g/mol. The Morgan fingerprint density at radius 3 is 2.94 bits per heavy atom. The van der Waals surface area contributed by atoms with Crippen LogP contribution in [0.5, 0.6) is 0 Å². The van der Waals surface area contributed by atoms with Crippen molar-refractivity contribution in [1.82, 2.24) is 10.3 Å². The second kappa shape index (κ2) is 8.06. The predicted molar refractivity (Wildman–Crippen MR) is 76.8 cm³/mol. The summed E-state index contributed by atoms with van der Waals surface area (Å²) in [6.07, 6.45) is 1.68. The number of rotatable bonds is 8. The fraction of sp³-hybridized carbons (Fsp3) is 0.692. The molecule has 0 aromatic carbocycles. The van der Waals surface area contributed by atoms with Gasteiger partial charge in [-0.1, -0.05) is 6.92 Å². The molecule has 1 aromatic heterocycles. The monoisotopic (exact) mass is 266 g/mol. The standard InChI is InChI=1S/C13H22N4S/c1-4-7-15-9-12-10-18-13(16-12)17(11(2)3)8-5-6-14/h10-11,15H,4-5,7-9H2,1-3H3. The van der Waals surface area contributed by atoms with Crippen LogP contribution in [0.15, 0.2) is 5.38 Å². The van der Waals surface area contributed by atoms with E-state index in [1.54, 1.807) is 11.3 Å². The minimum Gasteiger partial charge on any atom is -0.345 e. The molecule has 100 valence electrons. The number of thiazole rings is 1. The van der Waals surface area contributed by atoms with Crippen molar-refractivity contribution < 1.29 is 0 Å². The number of anilines is 1. The van der Waals surface area contributed by atoms with Crippen LogP contribution in [0.2, 0.25) is 0 Å². The summed E-state index contributed by atoms with van der Waals surface area (Å²) < 4.78 is 0. The van der Waals surface area contributed by atoms with Gasteiger partial charge in [0.2, 0.25) is 0 Å². The topological polar surface area (TPSA) is 52.0 Å². The van der Waals surface area contributed by atoms with Crippen molar-refractivity contribution in [3.05, 3.63) is 11.1 Å². The van der Waals surface area contributed by atoms with Crippen molar-refractivity contribution in [1.29, 1.82) is 5.26 Å². The van der Waals surface area contributed by atoms with Crippen LogP contribution in [0.4, 0.5) is 5.13 Å². The van der Waals surface area contributed by atoms with Gasteiger partial charge < -0.3 is 10.2 Å². The molecule has 1 heterocycles. The smallest absolute Gasteiger partial charge is 0.185 e. The average Bonchev–Trinajstić information content (AvgIpc) is 2.78. The van der Waals surface area contributed by atoms with Crippen molar-refractivity contribution in [2.75, 3.05) is 18.0 Å². The highest BCUT2D eigenvalue weighted by Crippen LogP contribution is 2.22. The van der Waals surface area contributed by atoms with Crippen LogP contribution >= 0.6 is 11.3 Å². The zero-order valence-electron chi connectivity index (χ0n) is 11.4. The fourth-order valence-electron chi connectivity index (χ4n) is 1.65. The van der Waals surface area contributed by atoms with Gasteiger partial charge in [-0.2, -0.15) is 5.26 Å². The van der Waals surface area contributed by atoms with Gasteiger partial charge in [-0.05, 0) is 26.8 Å². The molecule has 0 aliphatic carbocycles. The Kier molecular flexibility index (Phi) is 6.69. The van der Waals surface area contributed by atoms with Crippen molar-refractivity contribution >= 4 is 16.5 Å². The van der Waals surface area contributed by atoms with Crippen LogP contribution in [0, 0.1) is 11.3 Å². The summed E-state index contributed by atoms with van der Waals surface area (Å²) in [5, 5.41) is 15.2. The Hall–Kier alpha value is -1.12. The largest absolute Gasteiger partial charge is 0.345 e. The summed E-state index contributed by atoms with van der Waals surface area (Å²) in [6.45, 7) is 9.02. The molecule has 0 saturated carbocycles. The van der Waals surface area contributed by atoms with E-state index in [4.69, 9.17) is 5.26 Å². The lowest BCUT2D eigenvalue weighted by Crippen LogP contribution is -2.31. The third-order valence-electron chi connectivity index (χ3n) is 2.61. The van der Waals surface area contributed by atoms with Crippen molar-refractivity contribution in [2.45, 2.75) is 46.2 Å². The molecule has 0 amide bonds. The lowest BCUT2D eigenvalue weighted by Gasteiger charge is -2.24. The fourth-order valence-corrected chi connectivity index (χ4v) is 2.63. The van der Waals surface area contributed by atoms with Crippen LogP contribution in [-0.4, -0.2) is 24.1 Å². The first kappa shape index (κ1) is 14.9. The number of aromatic nitrogens is 1. The minimum absolute atomic E-state index is 0.376. The Morgan fingerprint density at radius 1 is 1.56 bits per heavy atom. The summed E-state index contributed by atoms with van der Waals surface area (Å²) in [5.74, 6) is 0. The minimum atomic E-state index is 0.376. The van der Waals surface area contributed by atoms with Gasteiger partial charge in [-0.25, -0.2) is 4.98 Å². The highest BCUT2D eigenvalue weighted by Gasteiger charge is 2.13. The van der Waals surface area contributed by atoms with Crippen LogP contribution in [0.1, 0.15) is 39.3 Å². The van der Waals surface area contributed by atoms with Gasteiger partial charge in [0.15, 0.2) is 5.13 Å². The van der Waals surface area contributed by atoms with Gasteiger partial charge in [0.1, 0.15) is 0 Å². The lowest BCUT2D eigenvalue weighted by molar-refractivity contribution is 0.658. The molecule has 0 unspecified atom stereocenters. The molecule has 1 N–H and O–H groups in total. The Labute approximate surface area is 114 Å². The first-order chi connectivity index (χ1) is 8.69. The van der Waals surface area contributed by atoms with Gasteiger partial charge in [-0.3, -0.25) is 0 Å². The molecule has 0 fully saturated rings. The lowest BCUT2D eigenvalue weighted by atomic mass is 10.3. The maximum Gasteiger partial charge on any atom is 0.185 e. The number of nitrogens with one attached hydrogen (secondary N) is 1.